The third kappa shape index (κ3) is 2.90. The summed E-state index contributed by atoms with van der Waals surface area (Å²) in [5.74, 6) is -0.864. The van der Waals surface area contributed by atoms with Gasteiger partial charge >= 0.3 is 5.97 Å². The molecule has 0 unspecified atom stereocenters. The molecule has 0 heterocycles. The van der Waals surface area contributed by atoms with Crippen LogP contribution in [-0.4, -0.2) is 32.8 Å². The van der Waals surface area contributed by atoms with Crippen LogP contribution >= 0.6 is 0 Å². The first-order chi connectivity index (χ1) is 9.79. The molecule has 5 nitrogen and oxygen atoms in total. The minimum atomic E-state index is -3.43. The highest BCUT2D eigenvalue weighted by Crippen LogP contribution is 2.43. The molecule has 21 heavy (non-hydrogen) atoms. The van der Waals surface area contributed by atoms with E-state index in [2.05, 4.69) is 0 Å². The number of hydrogen-bond donors (Lipinski definition) is 1. The van der Waals surface area contributed by atoms with E-state index in [0.29, 0.717) is 24.1 Å². The Kier molecular flexibility index (Phi) is 4.27. The lowest BCUT2D eigenvalue weighted by Gasteiger charge is -2.36. The molecule has 0 amide bonds. The molecule has 1 aromatic rings. The van der Waals surface area contributed by atoms with Crippen LogP contribution in [0.2, 0.25) is 0 Å². The number of carbonyl (C=O) groups is 1. The van der Waals surface area contributed by atoms with Crippen molar-refractivity contribution in [3.63, 3.8) is 0 Å². The van der Waals surface area contributed by atoms with Crippen LogP contribution in [0, 0.1) is 0 Å². The summed E-state index contributed by atoms with van der Waals surface area (Å²) in [5.41, 5.74) is 0.0859. The van der Waals surface area contributed by atoms with Crippen LogP contribution in [0.15, 0.2) is 24.3 Å². The van der Waals surface area contributed by atoms with E-state index in [9.17, 15) is 18.3 Å². The SMILES string of the molecule is CN(c1ccccc1C1(C(=O)O)CCCCC1)S(C)(=O)=O. The topological polar surface area (TPSA) is 74.7 Å². The van der Waals surface area contributed by atoms with Gasteiger partial charge in [-0.2, -0.15) is 0 Å². The minimum Gasteiger partial charge on any atom is -0.481 e. The number of anilines is 1. The first-order valence-corrected chi connectivity index (χ1v) is 8.91. The van der Waals surface area contributed by atoms with Gasteiger partial charge in [-0.25, -0.2) is 8.42 Å². The van der Waals surface area contributed by atoms with Crippen molar-refractivity contribution in [3.05, 3.63) is 29.8 Å². The van der Waals surface area contributed by atoms with Gasteiger partial charge in [0.2, 0.25) is 10.0 Å². The molecule has 0 bridgehead atoms. The summed E-state index contributed by atoms with van der Waals surface area (Å²) in [6.45, 7) is 0. The fourth-order valence-electron chi connectivity index (χ4n) is 3.09. The van der Waals surface area contributed by atoms with Crippen molar-refractivity contribution >= 4 is 21.7 Å². The molecule has 1 aromatic carbocycles. The summed E-state index contributed by atoms with van der Waals surface area (Å²) in [4.78, 5) is 11.9. The Morgan fingerprint density at radius 3 is 2.29 bits per heavy atom. The third-order valence-corrected chi connectivity index (χ3v) is 5.56. The maximum atomic E-state index is 11.9. The second-order valence-corrected chi connectivity index (χ2v) is 7.71. The van der Waals surface area contributed by atoms with Gasteiger partial charge in [-0.05, 0) is 24.5 Å². The molecule has 2 rings (SSSR count). The van der Waals surface area contributed by atoms with Crippen LogP contribution < -0.4 is 4.31 Å². The summed E-state index contributed by atoms with van der Waals surface area (Å²) in [6.07, 6.45) is 4.96. The molecule has 1 N–H and O–H groups in total. The standard InChI is InChI=1S/C15H21NO4S/c1-16(21(2,19)20)13-9-5-4-8-12(13)15(14(17)18)10-6-3-7-11-15/h4-5,8-9H,3,6-7,10-11H2,1-2H3,(H,17,18). The van der Waals surface area contributed by atoms with Gasteiger partial charge in [0.25, 0.3) is 0 Å². The largest absolute Gasteiger partial charge is 0.481 e. The van der Waals surface area contributed by atoms with Gasteiger partial charge in [0.1, 0.15) is 0 Å². The highest BCUT2D eigenvalue weighted by atomic mass is 32.2. The van der Waals surface area contributed by atoms with E-state index in [0.717, 1.165) is 25.5 Å². The molecule has 116 valence electrons. The summed E-state index contributed by atoms with van der Waals surface area (Å²) < 4.78 is 24.8. The van der Waals surface area contributed by atoms with E-state index in [1.165, 1.54) is 11.4 Å². The van der Waals surface area contributed by atoms with Crippen molar-refractivity contribution in [2.24, 2.45) is 0 Å². The molecular formula is C15H21NO4S. The first-order valence-electron chi connectivity index (χ1n) is 7.06. The molecule has 1 saturated carbocycles. The fraction of sp³-hybridized carbons (Fsp3) is 0.533. The van der Waals surface area contributed by atoms with Gasteiger partial charge in [0.05, 0.1) is 17.4 Å². The number of rotatable bonds is 4. The quantitative estimate of drug-likeness (QED) is 0.926. The number of carboxylic acids is 1. The zero-order valence-corrected chi connectivity index (χ0v) is 13.2. The Bertz CT molecular complexity index is 633. The van der Waals surface area contributed by atoms with Crippen LogP contribution in [0.4, 0.5) is 5.69 Å². The number of carboxylic acid groups (broad SMARTS) is 1. The lowest BCUT2D eigenvalue weighted by atomic mass is 9.69. The Balaban J connectivity index is 2.60. The predicted molar refractivity (Wildman–Crippen MR) is 82.1 cm³/mol. The number of benzene rings is 1. The number of sulfonamides is 1. The highest BCUT2D eigenvalue weighted by Gasteiger charge is 2.43. The Morgan fingerprint density at radius 2 is 1.76 bits per heavy atom. The molecule has 1 fully saturated rings. The molecule has 1 aliphatic carbocycles. The van der Waals surface area contributed by atoms with Crippen LogP contribution in [0.3, 0.4) is 0 Å². The van der Waals surface area contributed by atoms with Crippen LogP contribution in [0.1, 0.15) is 37.7 Å². The molecule has 0 aliphatic heterocycles. The smallest absolute Gasteiger partial charge is 0.314 e. The van der Waals surface area contributed by atoms with Gasteiger partial charge in [0, 0.05) is 7.05 Å². The van der Waals surface area contributed by atoms with Crippen molar-refractivity contribution in [1.82, 2.24) is 0 Å². The molecule has 0 atom stereocenters. The van der Waals surface area contributed by atoms with E-state index < -0.39 is 21.4 Å². The zero-order valence-electron chi connectivity index (χ0n) is 12.4. The number of nitrogens with zero attached hydrogens (tertiary/aromatic N) is 1. The van der Waals surface area contributed by atoms with Crippen molar-refractivity contribution < 1.29 is 18.3 Å². The average molecular weight is 311 g/mol. The molecule has 0 aromatic heterocycles. The van der Waals surface area contributed by atoms with Gasteiger partial charge in [0.15, 0.2) is 0 Å². The minimum absolute atomic E-state index is 0.462. The second kappa shape index (κ2) is 5.67. The lowest BCUT2D eigenvalue weighted by Crippen LogP contribution is -2.40. The lowest BCUT2D eigenvalue weighted by molar-refractivity contribution is -0.145. The van der Waals surface area contributed by atoms with E-state index >= 15 is 0 Å². The highest BCUT2D eigenvalue weighted by molar-refractivity contribution is 7.92. The van der Waals surface area contributed by atoms with Gasteiger partial charge in [-0.3, -0.25) is 9.10 Å². The predicted octanol–water partition coefficient (Wildman–Crippen LogP) is 2.37. The van der Waals surface area contributed by atoms with Crippen molar-refractivity contribution in [2.45, 2.75) is 37.5 Å². The molecule has 1 aliphatic rings. The zero-order chi connectivity index (χ0) is 15.7. The van der Waals surface area contributed by atoms with E-state index in [1.807, 2.05) is 0 Å². The van der Waals surface area contributed by atoms with Crippen LogP contribution in [0.25, 0.3) is 0 Å². The Labute approximate surface area is 125 Å². The maximum Gasteiger partial charge on any atom is 0.314 e. The number of para-hydroxylation sites is 1. The van der Waals surface area contributed by atoms with Gasteiger partial charge < -0.3 is 5.11 Å². The normalized spacial score (nSPS) is 18.2. The Hall–Kier alpha value is -1.56. The van der Waals surface area contributed by atoms with Crippen molar-refractivity contribution in [1.29, 1.82) is 0 Å². The number of hydrogen-bond acceptors (Lipinski definition) is 3. The summed E-state index contributed by atoms with van der Waals surface area (Å²) >= 11 is 0. The van der Waals surface area contributed by atoms with Crippen LogP contribution in [0.5, 0.6) is 0 Å². The maximum absolute atomic E-state index is 11.9. The average Bonchev–Trinajstić information content (AvgIpc) is 2.46. The van der Waals surface area contributed by atoms with Gasteiger partial charge in [-0.1, -0.05) is 37.5 Å². The van der Waals surface area contributed by atoms with Crippen molar-refractivity contribution in [3.8, 4) is 0 Å². The monoisotopic (exact) mass is 311 g/mol. The Morgan fingerprint density at radius 1 is 1.19 bits per heavy atom. The molecule has 0 spiro atoms. The van der Waals surface area contributed by atoms with Crippen molar-refractivity contribution in [2.75, 3.05) is 17.6 Å². The van der Waals surface area contributed by atoms with E-state index in [-0.39, 0.29) is 0 Å². The fourth-order valence-corrected chi connectivity index (χ4v) is 3.60. The second-order valence-electron chi connectivity index (χ2n) is 5.70. The van der Waals surface area contributed by atoms with E-state index in [1.54, 1.807) is 24.3 Å². The number of aliphatic carboxylic acids is 1. The third-order valence-electron chi connectivity index (χ3n) is 4.37. The summed E-state index contributed by atoms with van der Waals surface area (Å²) in [5, 5.41) is 9.78. The molecule has 6 heteroatoms. The summed E-state index contributed by atoms with van der Waals surface area (Å²) in [6, 6.07) is 6.93. The first kappa shape index (κ1) is 15.8. The van der Waals surface area contributed by atoms with Gasteiger partial charge in [-0.15, -0.1) is 0 Å². The molecule has 0 radical (unpaired) electrons. The molecular weight excluding hydrogens is 290 g/mol. The summed E-state index contributed by atoms with van der Waals surface area (Å²) in [7, 11) is -1.96. The van der Waals surface area contributed by atoms with E-state index in [4.69, 9.17) is 0 Å². The van der Waals surface area contributed by atoms with Crippen LogP contribution in [-0.2, 0) is 20.2 Å². The molecule has 0 saturated heterocycles.